The topological polar surface area (TPSA) is 49.6 Å². The minimum absolute atomic E-state index is 0.167. The van der Waals surface area contributed by atoms with Crippen LogP contribution in [0.3, 0.4) is 0 Å². The fourth-order valence-electron chi connectivity index (χ4n) is 4.06. The van der Waals surface area contributed by atoms with Crippen LogP contribution in [0, 0.1) is 0 Å². The number of carbonyl (C=O) groups is 1. The third-order valence-corrected chi connectivity index (χ3v) is 5.69. The first-order valence-electron chi connectivity index (χ1n) is 9.01. The maximum Gasteiger partial charge on any atom is 0.228 e. The lowest BCUT2D eigenvalue weighted by Gasteiger charge is -2.40. The van der Waals surface area contributed by atoms with E-state index in [9.17, 15) is 4.79 Å². The SMILES string of the molecule is NC(=O)C1(c2ccccc2)CCN(CCN2CCCCC2)CC1. The third kappa shape index (κ3) is 3.75. The maximum atomic E-state index is 12.2. The lowest BCUT2D eigenvalue weighted by Crippen LogP contribution is -2.51. The van der Waals surface area contributed by atoms with Gasteiger partial charge in [-0.05, 0) is 57.4 Å². The van der Waals surface area contributed by atoms with Crippen molar-refractivity contribution in [3.63, 3.8) is 0 Å². The van der Waals surface area contributed by atoms with Crippen LogP contribution in [-0.4, -0.2) is 55.0 Å². The molecule has 3 rings (SSSR count). The zero-order chi connectivity index (χ0) is 16.1. The molecular formula is C19H29N3O. The first-order chi connectivity index (χ1) is 11.2. The number of hydrogen-bond acceptors (Lipinski definition) is 3. The minimum atomic E-state index is -0.469. The van der Waals surface area contributed by atoms with E-state index in [4.69, 9.17) is 5.73 Å². The highest BCUT2D eigenvalue weighted by Crippen LogP contribution is 2.35. The molecule has 1 aromatic rings. The number of nitrogens with zero attached hydrogens (tertiary/aromatic N) is 2. The third-order valence-electron chi connectivity index (χ3n) is 5.69. The Morgan fingerprint density at radius 1 is 0.913 bits per heavy atom. The lowest BCUT2D eigenvalue weighted by molar-refractivity contribution is -0.125. The van der Waals surface area contributed by atoms with E-state index in [1.807, 2.05) is 30.3 Å². The van der Waals surface area contributed by atoms with E-state index in [1.54, 1.807) is 0 Å². The summed E-state index contributed by atoms with van der Waals surface area (Å²) in [5.74, 6) is -0.167. The number of rotatable bonds is 5. The predicted molar refractivity (Wildman–Crippen MR) is 93.3 cm³/mol. The van der Waals surface area contributed by atoms with Crippen LogP contribution in [0.15, 0.2) is 30.3 Å². The summed E-state index contributed by atoms with van der Waals surface area (Å²) in [6.07, 6.45) is 5.76. The molecule has 0 aromatic heterocycles. The van der Waals surface area contributed by atoms with Crippen molar-refractivity contribution < 1.29 is 4.79 Å². The smallest absolute Gasteiger partial charge is 0.228 e. The number of likely N-dealkylation sites (tertiary alicyclic amines) is 2. The molecular weight excluding hydrogens is 286 g/mol. The van der Waals surface area contributed by atoms with E-state index < -0.39 is 5.41 Å². The normalized spacial score (nSPS) is 22.8. The second-order valence-electron chi connectivity index (χ2n) is 7.06. The highest BCUT2D eigenvalue weighted by atomic mass is 16.1. The van der Waals surface area contributed by atoms with Crippen LogP contribution in [0.25, 0.3) is 0 Å². The molecule has 2 saturated heterocycles. The molecule has 1 aromatic carbocycles. The van der Waals surface area contributed by atoms with Crippen LogP contribution in [0.1, 0.15) is 37.7 Å². The summed E-state index contributed by atoms with van der Waals surface area (Å²) < 4.78 is 0. The fraction of sp³-hybridized carbons (Fsp3) is 0.632. The van der Waals surface area contributed by atoms with Gasteiger partial charge in [-0.25, -0.2) is 0 Å². The van der Waals surface area contributed by atoms with E-state index in [-0.39, 0.29) is 5.91 Å². The van der Waals surface area contributed by atoms with E-state index in [0.717, 1.165) is 44.6 Å². The Hall–Kier alpha value is -1.39. The van der Waals surface area contributed by atoms with E-state index in [2.05, 4.69) is 9.80 Å². The Morgan fingerprint density at radius 3 is 2.04 bits per heavy atom. The largest absolute Gasteiger partial charge is 0.369 e. The second-order valence-corrected chi connectivity index (χ2v) is 7.06. The Kier molecular flexibility index (Phi) is 5.34. The van der Waals surface area contributed by atoms with Crippen LogP contribution in [0.5, 0.6) is 0 Å². The standard InChI is InChI=1S/C19H29N3O/c20-18(23)19(17-7-3-1-4-8-17)9-13-22(14-10-19)16-15-21-11-5-2-6-12-21/h1,3-4,7-8H,2,5-6,9-16H2,(H2,20,23). The lowest BCUT2D eigenvalue weighted by atomic mass is 9.72. The van der Waals surface area contributed by atoms with Crippen molar-refractivity contribution in [1.82, 2.24) is 9.80 Å². The number of carbonyl (C=O) groups excluding carboxylic acids is 1. The molecule has 0 saturated carbocycles. The molecule has 2 aliphatic heterocycles. The zero-order valence-electron chi connectivity index (χ0n) is 14.0. The monoisotopic (exact) mass is 315 g/mol. The Bertz CT molecular complexity index is 503. The van der Waals surface area contributed by atoms with Gasteiger partial charge in [0.1, 0.15) is 0 Å². The summed E-state index contributed by atoms with van der Waals surface area (Å²) in [5, 5.41) is 0. The second kappa shape index (κ2) is 7.45. The Morgan fingerprint density at radius 2 is 1.48 bits per heavy atom. The molecule has 4 heteroatoms. The molecule has 0 spiro atoms. The molecule has 0 bridgehead atoms. The predicted octanol–water partition coefficient (Wildman–Crippen LogP) is 1.99. The first-order valence-corrected chi connectivity index (χ1v) is 9.01. The van der Waals surface area contributed by atoms with Crippen molar-refractivity contribution in [3.8, 4) is 0 Å². The average Bonchev–Trinajstić information content (AvgIpc) is 2.62. The van der Waals surface area contributed by atoms with Gasteiger partial charge >= 0.3 is 0 Å². The van der Waals surface area contributed by atoms with Gasteiger partial charge in [-0.15, -0.1) is 0 Å². The number of benzene rings is 1. The van der Waals surface area contributed by atoms with Crippen molar-refractivity contribution in [3.05, 3.63) is 35.9 Å². The van der Waals surface area contributed by atoms with Crippen LogP contribution in [-0.2, 0) is 10.2 Å². The van der Waals surface area contributed by atoms with Crippen molar-refractivity contribution in [1.29, 1.82) is 0 Å². The molecule has 0 unspecified atom stereocenters. The minimum Gasteiger partial charge on any atom is -0.369 e. The van der Waals surface area contributed by atoms with Crippen LogP contribution in [0.4, 0.5) is 0 Å². The summed E-state index contributed by atoms with van der Waals surface area (Å²) in [5.41, 5.74) is 6.42. The Balaban J connectivity index is 1.56. The fourth-order valence-corrected chi connectivity index (χ4v) is 4.06. The zero-order valence-corrected chi connectivity index (χ0v) is 14.0. The number of hydrogen-bond donors (Lipinski definition) is 1. The van der Waals surface area contributed by atoms with Gasteiger partial charge in [0.15, 0.2) is 0 Å². The number of primary amides is 1. The highest BCUT2D eigenvalue weighted by Gasteiger charge is 2.41. The van der Waals surface area contributed by atoms with Gasteiger partial charge in [-0.2, -0.15) is 0 Å². The molecule has 2 heterocycles. The van der Waals surface area contributed by atoms with Crippen LogP contribution in [0.2, 0.25) is 0 Å². The van der Waals surface area contributed by atoms with Crippen LogP contribution < -0.4 is 5.73 Å². The van der Waals surface area contributed by atoms with Gasteiger partial charge in [-0.1, -0.05) is 36.8 Å². The van der Waals surface area contributed by atoms with Crippen molar-refractivity contribution >= 4 is 5.91 Å². The Labute approximate surface area is 139 Å². The van der Waals surface area contributed by atoms with Gasteiger partial charge in [0.25, 0.3) is 0 Å². The summed E-state index contributed by atoms with van der Waals surface area (Å²) in [7, 11) is 0. The van der Waals surface area contributed by atoms with Crippen molar-refractivity contribution in [2.75, 3.05) is 39.3 Å². The molecule has 0 aliphatic carbocycles. The molecule has 1 amide bonds. The molecule has 0 radical (unpaired) electrons. The quantitative estimate of drug-likeness (QED) is 0.904. The van der Waals surface area contributed by atoms with Gasteiger partial charge in [0.05, 0.1) is 5.41 Å². The van der Waals surface area contributed by atoms with E-state index in [0.29, 0.717) is 0 Å². The van der Waals surface area contributed by atoms with Gasteiger partial charge in [0, 0.05) is 13.1 Å². The first kappa shape index (κ1) is 16.5. The molecule has 2 aliphatic rings. The summed E-state index contributed by atoms with van der Waals surface area (Å²) in [6, 6.07) is 10.1. The molecule has 4 nitrogen and oxygen atoms in total. The van der Waals surface area contributed by atoms with Gasteiger partial charge < -0.3 is 15.5 Å². The number of nitrogens with two attached hydrogens (primary N) is 1. The number of piperidine rings is 2. The van der Waals surface area contributed by atoms with E-state index in [1.165, 1.54) is 32.4 Å². The number of amides is 1. The molecule has 2 N–H and O–H groups in total. The van der Waals surface area contributed by atoms with Gasteiger partial charge in [-0.3, -0.25) is 4.79 Å². The summed E-state index contributed by atoms with van der Waals surface area (Å²) in [4.78, 5) is 17.3. The van der Waals surface area contributed by atoms with E-state index >= 15 is 0 Å². The van der Waals surface area contributed by atoms with Crippen molar-refractivity contribution in [2.24, 2.45) is 5.73 Å². The molecule has 126 valence electrons. The molecule has 0 atom stereocenters. The molecule has 23 heavy (non-hydrogen) atoms. The molecule has 2 fully saturated rings. The summed E-state index contributed by atoms with van der Waals surface area (Å²) >= 11 is 0. The van der Waals surface area contributed by atoms with Crippen molar-refractivity contribution in [2.45, 2.75) is 37.5 Å². The summed E-state index contributed by atoms with van der Waals surface area (Å²) in [6.45, 7) is 6.71. The van der Waals surface area contributed by atoms with Crippen LogP contribution >= 0.6 is 0 Å². The average molecular weight is 315 g/mol. The maximum absolute atomic E-state index is 12.2. The highest BCUT2D eigenvalue weighted by molar-refractivity contribution is 5.86. The van der Waals surface area contributed by atoms with Gasteiger partial charge in [0.2, 0.25) is 5.91 Å².